The third-order valence-electron chi connectivity index (χ3n) is 1.54. The Kier molecular flexibility index (Phi) is 5.99. The fourth-order valence-electron chi connectivity index (χ4n) is 0.797. The van der Waals surface area contributed by atoms with Crippen molar-refractivity contribution in [2.24, 2.45) is 10.6 Å². The van der Waals surface area contributed by atoms with Crippen LogP contribution >= 0.6 is 0 Å². The Bertz CT molecular complexity index is 298. The van der Waals surface area contributed by atoms with Crippen LogP contribution < -0.4 is 0 Å². The molecule has 0 bridgehead atoms. The molecule has 0 spiro atoms. The number of likely N-dealkylation sites (N-methyl/N-ethyl adjacent to an activating group) is 1. The van der Waals surface area contributed by atoms with E-state index in [1.54, 1.807) is 0 Å². The summed E-state index contributed by atoms with van der Waals surface area (Å²) in [5.41, 5.74) is 0. The molecule has 12 heteroatoms. The van der Waals surface area contributed by atoms with E-state index in [0.717, 1.165) is 21.3 Å². The molecule has 0 saturated heterocycles. The molecule has 0 heterocycles. The van der Waals surface area contributed by atoms with E-state index in [0.29, 0.717) is 5.01 Å². The number of nitro groups is 1. The average Bonchev–Trinajstić information content (AvgIpc) is 2.25. The van der Waals surface area contributed by atoms with E-state index in [1.807, 2.05) is 0 Å². The van der Waals surface area contributed by atoms with Crippen LogP contribution in [0.5, 0.6) is 0 Å². The molecule has 0 amide bonds. The van der Waals surface area contributed by atoms with Gasteiger partial charge in [0.15, 0.2) is 5.03 Å². The molecule has 0 atom stereocenters. The van der Waals surface area contributed by atoms with E-state index in [9.17, 15) is 20.5 Å². The predicted molar refractivity (Wildman–Crippen MR) is 49.5 cm³/mol. The summed E-state index contributed by atoms with van der Waals surface area (Å²) in [4.78, 5) is 18.4. The normalized spacial score (nSPS) is 14.1. The third-order valence-corrected chi connectivity index (χ3v) is 1.54. The number of hydrogen-bond donors (Lipinski definition) is 0. The van der Waals surface area contributed by atoms with Crippen LogP contribution in [-0.4, -0.2) is 53.7 Å². The molecule has 0 aliphatic heterocycles. The molecule has 0 fully saturated rings. The zero-order valence-electron chi connectivity index (χ0n) is 9.42. The van der Waals surface area contributed by atoms with Gasteiger partial charge < -0.3 is 20.1 Å². The maximum absolute atomic E-state index is 11.2. The lowest BCUT2D eigenvalue weighted by Crippen LogP contribution is -2.42. The SMILES string of the molecule is CON=[N+]([O-])C(CN(C)[N+](=O)[O-])[N+]([O-])=NOC. The minimum Gasteiger partial charge on any atom is -0.592 e. The van der Waals surface area contributed by atoms with Gasteiger partial charge in [0.25, 0.3) is 0 Å². The van der Waals surface area contributed by atoms with Crippen LogP contribution in [0.15, 0.2) is 10.6 Å². The number of hydrogen-bond acceptors (Lipinski definition) is 8. The first-order chi connectivity index (χ1) is 7.93. The van der Waals surface area contributed by atoms with Gasteiger partial charge in [0.2, 0.25) is 17.1 Å². The summed E-state index contributed by atoms with van der Waals surface area (Å²) in [5, 5.41) is 38.4. The second-order valence-corrected chi connectivity index (χ2v) is 2.69. The summed E-state index contributed by atoms with van der Waals surface area (Å²) >= 11 is 0. The van der Waals surface area contributed by atoms with Gasteiger partial charge in [-0.2, -0.15) is 0 Å². The van der Waals surface area contributed by atoms with E-state index in [2.05, 4.69) is 20.2 Å². The van der Waals surface area contributed by atoms with Crippen LogP contribution in [0.3, 0.4) is 0 Å². The van der Waals surface area contributed by atoms with Crippen LogP contribution in [0.25, 0.3) is 0 Å². The standard InChI is InChI=1S/C5H12N6O6/c1-8(11(14)15)4-5(9(12)6-16-2)10(13)7-17-3/h5H,4H2,1-3H3. The van der Waals surface area contributed by atoms with Gasteiger partial charge >= 0.3 is 6.17 Å². The Balaban J connectivity index is 4.92. The van der Waals surface area contributed by atoms with Crippen molar-refractivity contribution in [2.75, 3.05) is 27.8 Å². The molecular formula is C5H12N6O6. The van der Waals surface area contributed by atoms with Gasteiger partial charge in [0.05, 0.1) is 7.05 Å². The summed E-state index contributed by atoms with van der Waals surface area (Å²) in [6, 6.07) is 0. The van der Waals surface area contributed by atoms with Crippen molar-refractivity contribution in [1.29, 1.82) is 0 Å². The predicted octanol–water partition coefficient (Wildman–Crippen LogP) is -0.516. The lowest BCUT2D eigenvalue weighted by Gasteiger charge is -2.12. The summed E-state index contributed by atoms with van der Waals surface area (Å²) < 4.78 is 0. The zero-order valence-corrected chi connectivity index (χ0v) is 9.42. The molecular weight excluding hydrogens is 240 g/mol. The van der Waals surface area contributed by atoms with Crippen molar-refractivity contribution in [2.45, 2.75) is 6.17 Å². The van der Waals surface area contributed by atoms with Gasteiger partial charge in [-0.05, 0) is 0 Å². The van der Waals surface area contributed by atoms with E-state index in [1.165, 1.54) is 0 Å². The second-order valence-electron chi connectivity index (χ2n) is 2.69. The van der Waals surface area contributed by atoms with E-state index >= 15 is 0 Å². The molecule has 0 rings (SSSR count). The Morgan fingerprint density at radius 1 is 1.18 bits per heavy atom. The van der Waals surface area contributed by atoms with Crippen molar-refractivity contribution < 1.29 is 24.4 Å². The zero-order chi connectivity index (χ0) is 13.4. The topological polar surface area (TPSA) is 142 Å². The minimum atomic E-state index is -1.61. The minimum absolute atomic E-state index is 0.157. The largest absolute Gasteiger partial charge is 0.592 e. The highest BCUT2D eigenvalue weighted by molar-refractivity contribution is 4.41. The van der Waals surface area contributed by atoms with E-state index in [4.69, 9.17) is 0 Å². The fraction of sp³-hybridized carbons (Fsp3) is 1.00. The van der Waals surface area contributed by atoms with E-state index < -0.39 is 17.7 Å². The molecule has 0 unspecified atom stereocenters. The first kappa shape index (κ1) is 14.6. The highest BCUT2D eigenvalue weighted by atomic mass is 16.7. The van der Waals surface area contributed by atoms with Gasteiger partial charge in [-0.25, -0.2) is 10.1 Å². The molecule has 0 aromatic rings. The van der Waals surface area contributed by atoms with Crippen molar-refractivity contribution in [3.63, 3.8) is 0 Å². The van der Waals surface area contributed by atoms with Gasteiger partial charge in [-0.15, -0.1) is 5.01 Å². The third kappa shape index (κ3) is 4.76. The Morgan fingerprint density at radius 2 is 1.59 bits per heavy atom. The summed E-state index contributed by atoms with van der Waals surface area (Å²) in [7, 11) is 3.25. The molecule has 0 aliphatic carbocycles. The summed E-state index contributed by atoms with van der Waals surface area (Å²) in [5.74, 6) is 0. The molecule has 0 radical (unpaired) electrons. The number of nitrogens with zero attached hydrogens (tertiary/aromatic N) is 6. The quantitative estimate of drug-likeness (QED) is 0.195. The van der Waals surface area contributed by atoms with Crippen LogP contribution in [0.2, 0.25) is 0 Å². The Hall–Kier alpha value is -2.40. The van der Waals surface area contributed by atoms with Crippen LogP contribution in [0.4, 0.5) is 0 Å². The monoisotopic (exact) mass is 252 g/mol. The smallest absolute Gasteiger partial charge is 0.439 e. The van der Waals surface area contributed by atoms with Gasteiger partial charge in [0, 0.05) is 9.72 Å². The lowest BCUT2D eigenvalue weighted by atomic mass is 10.5. The molecule has 0 aliphatic rings. The molecule has 17 heavy (non-hydrogen) atoms. The molecule has 0 saturated carbocycles. The van der Waals surface area contributed by atoms with Crippen molar-refractivity contribution in [1.82, 2.24) is 5.01 Å². The first-order valence-electron chi connectivity index (χ1n) is 4.20. The highest BCUT2D eigenvalue weighted by Crippen LogP contribution is 1.99. The summed E-state index contributed by atoms with van der Waals surface area (Å²) in [6.07, 6.45) is -1.61. The molecule has 0 aromatic heterocycles. The highest BCUT2D eigenvalue weighted by Gasteiger charge is 2.35. The van der Waals surface area contributed by atoms with Gasteiger partial charge in [0.1, 0.15) is 14.2 Å². The average molecular weight is 252 g/mol. The maximum atomic E-state index is 11.2. The number of hydrazine groups is 1. The van der Waals surface area contributed by atoms with Crippen molar-refractivity contribution >= 4 is 0 Å². The summed E-state index contributed by atoms with van der Waals surface area (Å²) in [6.45, 7) is -0.556. The van der Waals surface area contributed by atoms with Crippen LogP contribution in [0, 0.1) is 20.5 Å². The molecule has 0 N–H and O–H groups in total. The fourth-order valence-corrected chi connectivity index (χ4v) is 0.797. The van der Waals surface area contributed by atoms with Crippen LogP contribution in [-0.2, 0) is 9.68 Å². The van der Waals surface area contributed by atoms with Gasteiger partial charge in [-0.3, -0.25) is 0 Å². The Labute approximate surface area is 95.5 Å². The van der Waals surface area contributed by atoms with Gasteiger partial charge in [-0.1, -0.05) is 0 Å². The number of hydroxylamine groups is 2. The first-order valence-corrected chi connectivity index (χ1v) is 4.20. The lowest BCUT2D eigenvalue weighted by molar-refractivity contribution is -0.806. The molecule has 12 nitrogen and oxygen atoms in total. The van der Waals surface area contributed by atoms with Crippen LogP contribution in [0.1, 0.15) is 0 Å². The second kappa shape index (κ2) is 6.97. The van der Waals surface area contributed by atoms with Crippen molar-refractivity contribution in [3.8, 4) is 0 Å². The maximum Gasteiger partial charge on any atom is 0.439 e. The molecule has 98 valence electrons. The number of rotatable bonds is 7. The van der Waals surface area contributed by atoms with Crippen molar-refractivity contribution in [3.05, 3.63) is 20.5 Å². The Morgan fingerprint density at radius 3 is 1.88 bits per heavy atom. The van der Waals surface area contributed by atoms with E-state index in [-0.39, 0.29) is 9.72 Å². The molecule has 0 aromatic carbocycles.